The highest BCUT2D eigenvalue weighted by atomic mass is 16.3. The lowest BCUT2D eigenvalue weighted by atomic mass is 9.44. The third-order valence-corrected chi connectivity index (χ3v) is 11.1. The summed E-state index contributed by atoms with van der Waals surface area (Å²) in [5.74, 6) is 2.15. The third-order valence-electron chi connectivity index (χ3n) is 11.1. The predicted octanol–water partition coefficient (Wildman–Crippen LogP) is 8.26. The molecule has 31 heavy (non-hydrogen) atoms. The monoisotopic (exact) mass is 424 g/mol. The number of rotatable bonds is 4. The van der Waals surface area contributed by atoms with Crippen molar-refractivity contribution in [1.82, 2.24) is 0 Å². The molecule has 7 atom stereocenters. The molecule has 2 saturated carbocycles. The number of hydrogen-bond donors (Lipinski definition) is 1. The average molecular weight is 425 g/mol. The zero-order valence-electron chi connectivity index (χ0n) is 21.6. The maximum Gasteiger partial charge on any atom is 0.0594 e. The predicted molar refractivity (Wildman–Crippen MR) is 133 cm³/mol. The second-order valence-electron chi connectivity index (χ2n) is 13.3. The molecule has 2 fully saturated rings. The van der Waals surface area contributed by atoms with Crippen LogP contribution in [0.5, 0.6) is 0 Å². The van der Waals surface area contributed by atoms with Crippen LogP contribution in [-0.4, -0.2) is 11.2 Å². The lowest BCUT2D eigenvalue weighted by molar-refractivity contribution is -0.0851. The molecule has 0 saturated heterocycles. The molecule has 1 N–H and O–H groups in total. The van der Waals surface area contributed by atoms with Gasteiger partial charge in [0.1, 0.15) is 0 Å². The van der Waals surface area contributed by atoms with Crippen molar-refractivity contribution in [3.05, 3.63) is 34.9 Å². The molecule has 1 heteroatoms. The van der Waals surface area contributed by atoms with E-state index in [1.807, 2.05) is 0 Å². The highest BCUT2D eigenvalue weighted by molar-refractivity contribution is 5.49. The maximum atomic E-state index is 10.8. The lowest BCUT2D eigenvalue weighted by Gasteiger charge is -2.61. The molecular weight excluding hydrogens is 376 g/mol. The first-order valence-corrected chi connectivity index (χ1v) is 13.1. The highest BCUT2D eigenvalue weighted by Crippen LogP contribution is 2.71. The standard InChI is InChI=1S/C30H48O/c1-20(2)10-9-11-21(3)22-14-18-30(8)24-12-13-25-27(4,5)26(31)16-17-28(25,6)23(24)15-19-29(22,30)7/h10,12,15,21-22,25-26,31H,9,11,13-14,16-19H2,1-8H3/t21-,22-,25+,26+,28-,29-,30+/m1/s1. The van der Waals surface area contributed by atoms with E-state index in [9.17, 15) is 5.11 Å². The summed E-state index contributed by atoms with van der Waals surface area (Å²) >= 11 is 0. The zero-order valence-corrected chi connectivity index (χ0v) is 21.6. The van der Waals surface area contributed by atoms with Gasteiger partial charge in [-0.3, -0.25) is 0 Å². The van der Waals surface area contributed by atoms with Crippen LogP contribution in [0.4, 0.5) is 0 Å². The fraction of sp³-hybridized carbons (Fsp3) is 0.800. The molecule has 0 amide bonds. The van der Waals surface area contributed by atoms with Crippen LogP contribution in [0.3, 0.4) is 0 Å². The summed E-state index contributed by atoms with van der Waals surface area (Å²) in [6.07, 6.45) is 17.3. The van der Waals surface area contributed by atoms with E-state index in [0.717, 1.165) is 31.1 Å². The Bertz CT molecular complexity index is 808. The van der Waals surface area contributed by atoms with Crippen molar-refractivity contribution >= 4 is 0 Å². The minimum atomic E-state index is -0.164. The largest absolute Gasteiger partial charge is 0.393 e. The van der Waals surface area contributed by atoms with Gasteiger partial charge in [-0.2, -0.15) is 0 Å². The van der Waals surface area contributed by atoms with Crippen molar-refractivity contribution < 1.29 is 5.11 Å². The number of allylic oxidation sites excluding steroid dienone is 6. The van der Waals surface area contributed by atoms with Crippen LogP contribution in [0.15, 0.2) is 34.9 Å². The Morgan fingerprint density at radius 2 is 1.77 bits per heavy atom. The van der Waals surface area contributed by atoms with Gasteiger partial charge in [-0.25, -0.2) is 0 Å². The Hall–Kier alpha value is -0.820. The van der Waals surface area contributed by atoms with Crippen molar-refractivity contribution in [2.75, 3.05) is 0 Å². The van der Waals surface area contributed by atoms with Gasteiger partial charge in [-0.05, 0) is 116 Å². The van der Waals surface area contributed by atoms with E-state index in [2.05, 4.69) is 73.6 Å². The number of aliphatic hydroxyl groups is 1. The molecule has 0 unspecified atom stereocenters. The van der Waals surface area contributed by atoms with Gasteiger partial charge < -0.3 is 5.11 Å². The van der Waals surface area contributed by atoms with E-state index >= 15 is 0 Å². The highest BCUT2D eigenvalue weighted by Gasteiger charge is 2.62. The fourth-order valence-electron chi connectivity index (χ4n) is 8.78. The van der Waals surface area contributed by atoms with Crippen molar-refractivity contribution in [2.24, 2.45) is 39.4 Å². The number of fused-ring (bicyclic) bond motifs is 5. The Morgan fingerprint density at radius 1 is 1.06 bits per heavy atom. The molecule has 4 aliphatic rings. The van der Waals surface area contributed by atoms with Crippen LogP contribution in [-0.2, 0) is 0 Å². The van der Waals surface area contributed by atoms with Gasteiger partial charge in [-0.1, -0.05) is 65.3 Å². The zero-order chi connectivity index (χ0) is 22.8. The molecule has 0 spiro atoms. The molecule has 0 radical (unpaired) electrons. The lowest BCUT2D eigenvalue weighted by Crippen LogP contribution is -2.54. The number of aliphatic hydroxyl groups excluding tert-OH is 1. The molecule has 0 aliphatic heterocycles. The Morgan fingerprint density at radius 3 is 2.45 bits per heavy atom. The maximum absolute atomic E-state index is 10.8. The summed E-state index contributed by atoms with van der Waals surface area (Å²) in [4.78, 5) is 0. The molecule has 174 valence electrons. The molecule has 0 heterocycles. The first-order valence-electron chi connectivity index (χ1n) is 13.1. The smallest absolute Gasteiger partial charge is 0.0594 e. The number of hydrogen-bond acceptors (Lipinski definition) is 1. The molecule has 0 aromatic carbocycles. The minimum absolute atomic E-state index is 0.00478. The summed E-state index contributed by atoms with van der Waals surface area (Å²) in [6, 6.07) is 0. The van der Waals surface area contributed by atoms with E-state index in [-0.39, 0.29) is 16.9 Å². The van der Waals surface area contributed by atoms with Gasteiger partial charge >= 0.3 is 0 Å². The molecule has 0 bridgehead atoms. The Labute approximate surface area is 192 Å². The Kier molecular flexibility index (Phi) is 5.73. The summed E-state index contributed by atoms with van der Waals surface area (Å²) in [5, 5.41) is 10.8. The van der Waals surface area contributed by atoms with E-state index in [1.165, 1.54) is 37.7 Å². The van der Waals surface area contributed by atoms with E-state index in [1.54, 1.807) is 11.1 Å². The van der Waals surface area contributed by atoms with E-state index in [4.69, 9.17) is 0 Å². The van der Waals surface area contributed by atoms with Crippen LogP contribution >= 0.6 is 0 Å². The summed E-state index contributed by atoms with van der Waals surface area (Å²) in [5.41, 5.74) is 5.73. The second-order valence-corrected chi connectivity index (χ2v) is 13.3. The fourth-order valence-corrected chi connectivity index (χ4v) is 8.78. The summed E-state index contributed by atoms with van der Waals surface area (Å²) in [7, 11) is 0. The average Bonchev–Trinajstić information content (AvgIpc) is 2.96. The van der Waals surface area contributed by atoms with E-state index in [0.29, 0.717) is 16.7 Å². The van der Waals surface area contributed by atoms with Gasteiger partial charge in [0.2, 0.25) is 0 Å². The van der Waals surface area contributed by atoms with Crippen LogP contribution in [0.25, 0.3) is 0 Å². The first kappa shape index (κ1) is 23.3. The van der Waals surface area contributed by atoms with Crippen LogP contribution in [0.1, 0.15) is 107 Å². The van der Waals surface area contributed by atoms with Gasteiger partial charge in [0.25, 0.3) is 0 Å². The van der Waals surface area contributed by atoms with Crippen LogP contribution in [0, 0.1) is 39.4 Å². The quantitative estimate of drug-likeness (QED) is 0.450. The topological polar surface area (TPSA) is 20.2 Å². The van der Waals surface area contributed by atoms with E-state index < -0.39 is 0 Å². The third kappa shape index (κ3) is 3.27. The summed E-state index contributed by atoms with van der Waals surface area (Å²) in [6.45, 7) is 19.4. The van der Waals surface area contributed by atoms with Crippen molar-refractivity contribution in [2.45, 2.75) is 113 Å². The molecular formula is C30H48O. The van der Waals surface area contributed by atoms with Crippen molar-refractivity contribution in [3.8, 4) is 0 Å². The van der Waals surface area contributed by atoms with Crippen LogP contribution < -0.4 is 0 Å². The summed E-state index contributed by atoms with van der Waals surface area (Å²) < 4.78 is 0. The SMILES string of the molecule is CC(C)=CCC[C@@H](C)[C@H]1CC[C@@]2(C)C3=CC[C@H]4C(C)(C)[C@@H](O)CC[C@]4(C)C3=CC[C@]12C. The minimum Gasteiger partial charge on any atom is -0.393 e. The molecule has 1 nitrogen and oxygen atoms in total. The normalized spacial score (nSPS) is 44.4. The van der Waals surface area contributed by atoms with Gasteiger partial charge in [0.15, 0.2) is 0 Å². The molecule has 4 aliphatic carbocycles. The molecule has 0 aromatic rings. The Balaban J connectivity index is 1.66. The van der Waals surface area contributed by atoms with Gasteiger partial charge in [-0.15, -0.1) is 0 Å². The first-order chi connectivity index (χ1) is 14.4. The molecule has 4 rings (SSSR count). The molecule has 0 aromatic heterocycles. The van der Waals surface area contributed by atoms with Gasteiger partial charge in [0, 0.05) is 0 Å². The van der Waals surface area contributed by atoms with Crippen molar-refractivity contribution in [1.29, 1.82) is 0 Å². The van der Waals surface area contributed by atoms with Crippen LogP contribution in [0.2, 0.25) is 0 Å². The van der Waals surface area contributed by atoms with Gasteiger partial charge in [0.05, 0.1) is 6.10 Å². The van der Waals surface area contributed by atoms with Crippen molar-refractivity contribution in [3.63, 3.8) is 0 Å². The second kappa shape index (κ2) is 7.61.